The number of azide groups is 1. The fourth-order valence-corrected chi connectivity index (χ4v) is 1.01. The summed E-state index contributed by atoms with van der Waals surface area (Å²) in [5, 5.41) is 22.1. The number of aliphatic hydroxyl groups is 2. The molecule has 7 nitrogen and oxygen atoms in total. The summed E-state index contributed by atoms with van der Waals surface area (Å²) < 4.78 is 0. The van der Waals surface area contributed by atoms with E-state index < -0.39 is 12.2 Å². The lowest BCUT2D eigenvalue weighted by atomic mass is 10.1. The number of rotatable bonds is 4. The second kappa shape index (κ2) is 5.47. The van der Waals surface area contributed by atoms with Crippen LogP contribution in [0, 0.1) is 0 Å². The summed E-state index contributed by atoms with van der Waals surface area (Å²) in [7, 11) is 0. The number of hydrogen-bond acceptors (Lipinski definition) is 5. The van der Waals surface area contributed by atoms with Gasteiger partial charge in [0.05, 0.1) is 12.6 Å². The first-order chi connectivity index (χ1) is 7.15. The molecule has 0 aliphatic carbocycles. The molecule has 0 aromatic carbocycles. The molecule has 2 atom stereocenters. The molecule has 0 aliphatic heterocycles. The molecule has 2 unspecified atom stereocenters. The van der Waals surface area contributed by atoms with Crippen LogP contribution in [0.2, 0.25) is 5.28 Å². The van der Waals surface area contributed by atoms with Gasteiger partial charge in [-0.3, -0.25) is 0 Å². The van der Waals surface area contributed by atoms with E-state index in [1.165, 1.54) is 12.4 Å². The summed E-state index contributed by atoms with van der Waals surface area (Å²) in [5.41, 5.74) is 8.33. The van der Waals surface area contributed by atoms with Crippen molar-refractivity contribution in [1.29, 1.82) is 0 Å². The fraction of sp³-hybridized carbons (Fsp3) is 0.429. The Kier molecular flexibility index (Phi) is 4.26. The average Bonchev–Trinajstić information content (AvgIpc) is 2.26. The molecule has 1 heterocycles. The van der Waals surface area contributed by atoms with Crippen molar-refractivity contribution in [2.24, 2.45) is 5.11 Å². The van der Waals surface area contributed by atoms with Crippen molar-refractivity contribution in [3.05, 3.63) is 33.7 Å². The Bertz CT molecular complexity index is 364. The minimum absolute atomic E-state index is 0.0514. The van der Waals surface area contributed by atoms with Crippen molar-refractivity contribution in [2.45, 2.75) is 12.2 Å². The van der Waals surface area contributed by atoms with Crippen molar-refractivity contribution < 1.29 is 10.2 Å². The molecule has 1 aromatic rings. The molecule has 0 bridgehead atoms. The highest BCUT2D eigenvalue weighted by Gasteiger charge is 2.18. The Morgan fingerprint density at radius 3 is 2.60 bits per heavy atom. The predicted molar refractivity (Wildman–Crippen MR) is 52.0 cm³/mol. The van der Waals surface area contributed by atoms with Gasteiger partial charge in [0.25, 0.3) is 0 Å². The smallest absolute Gasteiger partial charge is 0.222 e. The third kappa shape index (κ3) is 3.34. The van der Waals surface area contributed by atoms with Gasteiger partial charge in [0, 0.05) is 22.9 Å². The highest BCUT2D eigenvalue weighted by atomic mass is 35.5. The first-order valence-electron chi connectivity index (χ1n) is 3.99. The van der Waals surface area contributed by atoms with Crippen LogP contribution in [0.25, 0.3) is 10.4 Å². The molecule has 0 radical (unpaired) electrons. The maximum absolute atomic E-state index is 9.55. The molecule has 1 aromatic heterocycles. The van der Waals surface area contributed by atoms with E-state index in [4.69, 9.17) is 17.1 Å². The van der Waals surface area contributed by atoms with E-state index in [9.17, 15) is 10.2 Å². The van der Waals surface area contributed by atoms with Gasteiger partial charge >= 0.3 is 0 Å². The SMILES string of the molecule is [N-]=[N+]=NCC(O)C(O)c1cnc(Cl)nc1. The minimum Gasteiger partial charge on any atom is -0.390 e. The summed E-state index contributed by atoms with van der Waals surface area (Å²) in [4.78, 5) is 9.75. The van der Waals surface area contributed by atoms with Crippen LogP contribution in [0.3, 0.4) is 0 Å². The zero-order valence-corrected chi connectivity index (χ0v) is 8.28. The van der Waals surface area contributed by atoms with Crippen molar-refractivity contribution >= 4 is 11.6 Å². The van der Waals surface area contributed by atoms with Gasteiger partial charge in [-0.15, -0.1) is 0 Å². The maximum Gasteiger partial charge on any atom is 0.222 e. The third-order valence-corrected chi connectivity index (χ3v) is 1.87. The van der Waals surface area contributed by atoms with Crippen LogP contribution >= 0.6 is 11.6 Å². The van der Waals surface area contributed by atoms with E-state index in [1.54, 1.807) is 0 Å². The van der Waals surface area contributed by atoms with Gasteiger partial charge in [-0.25, -0.2) is 9.97 Å². The Balaban J connectivity index is 2.70. The average molecular weight is 230 g/mol. The summed E-state index contributed by atoms with van der Waals surface area (Å²) in [5.74, 6) is 0. The largest absolute Gasteiger partial charge is 0.390 e. The quantitative estimate of drug-likeness (QED) is 0.344. The molecule has 0 saturated carbocycles. The zero-order chi connectivity index (χ0) is 11.3. The summed E-state index contributed by atoms with van der Waals surface area (Å²) >= 11 is 5.45. The van der Waals surface area contributed by atoms with Gasteiger partial charge < -0.3 is 10.2 Å². The molecule has 0 amide bonds. The zero-order valence-electron chi connectivity index (χ0n) is 7.52. The van der Waals surface area contributed by atoms with E-state index in [-0.39, 0.29) is 11.8 Å². The predicted octanol–water partition coefficient (Wildman–Crippen LogP) is 0.835. The van der Waals surface area contributed by atoms with Crippen molar-refractivity contribution in [1.82, 2.24) is 9.97 Å². The highest BCUT2D eigenvalue weighted by molar-refractivity contribution is 6.28. The topological polar surface area (TPSA) is 115 Å². The third-order valence-electron chi connectivity index (χ3n) is 1.68. The van der Waals surface area contributed by atoms with Crippen LogP contribution < -0.4 is 0 Å². The second-order valence-electron chi connectivity index (χ2n) is 2.71. The van der Waals surface area contributed by atoms with E-state index in [2.05, 4.69) is 20.0 Å². The number of halogens is 1. The second-order valence-corrected chi connectivity index (χ2v) is 3.05. The molecule has 0 saturated heterocycles. The van der Waals surface area contributed by atoms with E-state index in [0.717, 1.165) is 0 Å². The number of hydrogen-bond donors (Lipinski definition) is 2. The van der Waals surface area contributed by atoms with Crippen molar-refractivity contribution in [2.75, 3.05) is 6.54 Å². The molecular formula is C7H8ClN5O2. The molecule has 1 rings (SSSR count). The monoisotopic (exact) mass is 229 g/mol. The lowest BCUT2D eigenvalue weighted by molar-refractivity contribution is 0.0240. The molecule has 15 heavy (non-hydrogen) atoms. The van der Waals surface area contributed by atoms with Crippen molar-refractivity contribution in [3.8, 4) is 0 Å². The van der Waals surface area contributed by atoms with Gasteiger partial charge in [0.2, 0.25) is 5.28 Å². The van der Waals surface area contributed by atoms with Gasteiger partial charge in [0.1, 0.15) is 6.10 Å². The highest BCUT2D eigenvalue weighted by Crippen LogP contribution is 2.16. The van der Waals surface area contributed by atoms with Crippen molar-refractivity contribution in [3.63, 3.8) is 0 Å². The summed E-state index contributed by atoms with van der Waals surface area (Å²) in [6.45, 7) is -0.222. The number of aliphatic hydroxyl groups excluding tert-OH is 2. The van der Waals surface area contributed by atoms with Gasteiger partial charge in [-0.1, -0.05) is 5.11 Å². The van der Waals surface area contributed by atoms with Crippen LogP contribution in [-0.4, -0.2) is 32.8 Å². The molecule has 2 N–H and O–H groups in total. The van der Waals surface area contributed by atoms with E-state index in [0.29, 0.717) is 5.56 Å². The Morgan fingerprint density at radius 2 is 2.07 bits per heavy atom. The van der Waals surface area contributed by atoms with Crippen LogP contribution in [0.5, 0.6) is 0 Å². The molecule has 0 spiro atoms. The number of nitrogens with zero attached hydrogens (tertiary/aromatic N) is 5. The van der Waals surface area contributed by atoms with Crippen LogP contribution in [0.1, 0.15) is 11.7 Å². The molecule has 80 valence electrons. The fourth-order valence-electron chi connectivity index (χ4n) is 0.917. The van der Waals surface area contributed by atoms with Crippen LogP contribution in [0.4, 0.5) is 0 Å². The van der Waals surface area contributed by atoms with Gasteiger partial charge in [-0.05, 0) is 17.1 Å². The normalized spacial score (nSPS) is 14.1. The Morgan fingerprint density at radius 1 is 1.47 bits per heavy atom. The lowest BCUT2D eigenvalue weighted by Gasteiger charge is -2.14. The summed E-state index contributed by atoms with van der Waals surface area (Å²) in [6, 6.07) is 0. The minimum atomic E-state index is -1.20. The first kappa shape index (κ1) is 11.7. The molecule has 0 aliphatic rings. The Hall–Kier alpha value is -1.40. The number of aromatic nitrogens is 2. The lowest BCUT2D eigenvalue weighted by Crippen LogP contribution is -2.21. The molecule has 0 fully saturated rings. The van der Waals surface area contributed by atoms with Crippen LogP contribution in [0.15, 0.2) is 17.5 Å². The standard InChI is InChI=1S/C7H8ClN5O2/c8-7-10-1-4(2-11-7)6(15)5(14)3-12-13-9/h1-2,5-6,14-15H,3H2. The Labute approximate surface area is 90.0 Å². The molecular weight excluding hydrogens is 222 g/mol. The van der Waals surface area contributed by atoms with Gasteiger partial charge in [0.15, 0.2) is 0 Å². The van der Waals surface area contributed by atoms with Gasteiger partial charge in [-0.2, -0.15) is 0 Å². The van der Waals surface area contributed by atoms with E-state index >= 15 is 0 Å². The van der Waals surface area contributed by atoms with Crippen LogP contribution in [-0.2, 0) is 0 Å². The molecule has 8 heteroatoms. The van der Waals surface area contributed by atoms with E-state index in [1.807, 2.05) is 0 Å². The summed E-state index contributed by atoms with van der Waals surface area (Å²) in [6.07, 6.45) is 0.192. The maximum atomic E-state index is 9.55. The first-order valence-corrected chi connectivity index (χ1v) is 4.37.